The van der Waals surface area contributed by atoms with Crippen LogP contribution in [0.5, 0.6) is 0 Å². The Hall–Kier alpha value is -13.4. The molecule has 28 heteroatoms. The maximum Gasteiger partial charge on any atom is 2.00 e. The third-order valence-corrected chi connectivity index (χ3v) is 28.3. The molecule has 11 heterocycles. The molecule has 0 N–H and O–H groups in total. The van der Waals surface area contributed by atoms with E-state index >= 15 is 0 Å². The first-order valence-corrected chi connectivity index (χ1v) is 53.5. The fourth-order valence-electron chi connectivity index (χ4n) is 16.6. The molecule has 0 saturated heterocycles. The number of pyridine rings is 7. The maximum absolute atomic E-state index is 12.7. The summed E-state index contributed by atoms with van der Waals surface area (Å²) in [5.41, 5.74) is 29.3. The zero-order chi connectivity index (χ0) is 109. The number of aryl methyl sites for hydroxylation is 7. The molecule has 15 rings (SSSR count). The predicted molar refractivity (Wildman–Crippen MR) is 598 cm³/mol. The number of thiophene rings is 3. The number of aromatic nitrogens is 9. The third-order valence-electron chi connectivity index (χ3n) is 24.9. The first-order valence-electron chi connectivity index (χ1n) is 50.5. The number of hydrogen-bond donors (Lipinski definition) is 0. The molecule has 15 aromatic rings. The van der Waals surface area contributed by atoms with E-state index < -0.39 is 11.9 Å². The normalized spacial score (nSPS) is 10.9. The van der Waals surface area contributed by atoms with Gasteiger partial charge in [0.1, 0.15) is 15.7 Å². The van der Waals surface area contributed by atoms with Crippen molar-refractivity contribution in [3.8, 4) is 88.3 Å². The van der Waals surface area contributed by atoms with Crippen molar-refractivity contribution in [1.29, 1.82) is 0 Å². The monoisotopic (exact) mass is 2180 g/mol. The van der Waals surface area contributed by atoms with Crippen molar-refractivity contribution in [2.45, 2.75) is 281 Å². The molecule has 0 bridgehead atoms. The van der Waals surface area contributed by atoms with Gasteiger partial charge in [-0.15, -0.1) is 34.0 Å². The number of benzene rings is 4. The van der Waals surface area contributed by atoms with Crippen molar-refractivity contribution in [2.24, 2.45) is 0 Å². The average Bonchev–Trinajstić information content (AvgIpc) is 1.60. The maximum atomic E-state index is 12.7. The van der Waals surface area contributed by atoms with E-state index in [-0.39, 0.29) is 71.4 Å². The van der Waals surface area contributed by atoms with E-state index in [4.69, 9.17) is 73.7 Å². The first-order chi connectivity index (χ1) is 71.3. The molecule has 0 amide bonds. The minimum absolute atomic E-state index is 0. The molecule has 0 atom stereocenters. The second-order valence-electron chi connectivity index (χ2n) is 39.8. The topological polar surface area (TPSA) is 283 Å². The number of halogens is 3. The van der Waals surface area contributed by atoms with Crippen LogP contribution >= 0.6 is 46.2 Å². The third kappa shape index (κ3) is 36.8. The zero-order valence-corrected chi connectivity index (χ0v) is 94.3. The zero-order valence-electron chi connectivity index (χ0n) is 89.3. The Morgan fingerprint density at radius 2 is 0.620 bits per heavy atom. The first kappa shape index (κ1) is 123. The fourth-order valence-corrected chi connectivity index (χ4v) is 20.0. The van der Waals surface area contributed by atoms with Crippen LogP contribution in [0.3, 0.4) is 0 Å². The van der Waals surface area contributed by atoms with Crippen LogP contribution in [0.4, 0.5) is 45.9 Å². The summed E-state index contributed by atoms with van der Waals surface area (Å²) in [7, 11) is 0. The van der Waals surface area contributed by atoms with Crippen molar-refractivity contribution < 1.29 is 71.0 Å². The molecule has 0 saturated carbocycles. The summed E-state index contributed by atoms with van der Waals surface area (Å²) in [4.78, 5) is 107. The van der Waals surface area contributed by atoms with Crippen molar-refractivity contribution >= 4 is 109 Å². The minimum atomic E-state index is -4.50. The van der Waals surface area contributed by atoms with Gasteiger partial charge in [0.25, 0.3) is 0 Å². The van der Waals surface area contributed by atoms with Gasteiger partial charge in [-0.1, -0.05) is 256 Å². The summed E-state index contributed by atoms with van der Waals surface area (Å²) in [5.74, 6) is 0. The Morgan fingerprint density at radius 3 is 0.913 bits per heavy atom. The van der Waals surface area contributed by atoms with E-state index in [0.717, 1.165) is 125 Å². The number of hydrogen-bond acceptors (Lipinski definition) is 22. The van der Waals surface area contributed by atoms with E-state index in [1.807, 2.05) is 53.5 Å². The molecule has 0 spiro atoms. The second kappa shape index (κ2) is 61.0. The van der Waals surface area contributed by atoms with Gasteiger partial charge >= 0.3 is 50.3 Å². The Labute approximate surface area is 912 Å². The van der Waals surface area contributed by atoms with Gasteiger partial charge in [-0.2, -0.15) is 56.7 Å². The van der Waals surface area contributed by atoms with Gasteiger partial charge in [-0.3, -0.25) is 24.9 Å². The average molecular weight is 2180 g/mol. The van der Waals surface area contributed by atoms with E-state index in [1.54, 1.807) is 23.6 Å². The molecule has 11 aromatic heterocycles. The fraction of sp³-hybridized carbons (Fsp3) is 0.352. The number of isothiocyanates is 1. The van der Waals surface area contributed by atoms with E-state index in [2.05, 4.69) is 362 Å². The number of alkyl halides is 3. The standard InChI is InChI=1S/2C49H58N4S.C19H19F3N3S.CNS.4CO2.Ru/c2*1-10-13-14-15-16-37-33-46(36-26-28-51-43(32-36)45-31-35(12-3)30-44(52-45)42-29-34(11-2)25-27-50-42)54-47(37)53(40-21-17-38(18-22-40)48(4,5)6)41-23-19-39(20-24-41)49(7,8)9;1-2-3-4-5-6-13-8-10-26-18(13)14-7-9-23-15(11-14)16-12-17(25-24-16)19(20,21)22;5*2-1-3;/h2*17-33H,10-16H2,1-9H3;7-12H,2-6H2,1H3;;;;;;/q;;2*-1;;;;;+2. The second-order valence-corrected chi connectivity index (χ2v) is 42.9. The Bertz CT molecular complexity index is 6430. The molecule has 150 heavy (non-hydrogen) atoms. The number of carbonyl (C=O) groups excluding carboxylic acids is 8. The summed E-state index contributed by atoms with van der Waals surface area (Å²) >= 11 is 9.09. The van der Waals surface area contributed by atoms with Gasteiger partial charge in [-0.05, 0) is 327 Å². The molecule has 0 radical (unpaired) electrons. The smallest absolute Gasteiger partial charge is 0.753 e. The van der Waals surface area contributed by atoms with Crippen LogP contribution in [0, 0.1) is 0 Å². The van der Waals surface area contributed by atoms with Gasteiger partial charge in [0.2, 0.25) is 0 Å². The van der Waals surface area contributed by atoms with Crippen LogP contribution in [0.25, 0.3) is 93.7 Å². The summed E-state index contributed by atoms with van der Waals surface area (Å²) in [6.07, 6.45) is 27.1. The Kier molecular flexibility index (Phi) is 50.2. The number of unbranched alkanes of at least 4 members (excludes halogenated alkanes) is 9. The van der Waals surface area contributed by atoms with Crippen LogP contribution in [-0.2, 0) is 131 Å². The number of nitrogens with zero attached hydrogens (tertiary/aromatic N) is 12. The van der Waals surface area contributed by atoms with Gasteiger partial charge in [0.15, 0.2) is 0 Å². The molecule has 784 valence electrons. The molecule has 0 unspecified atom stereocenters. The van der Waals surface area contributed by atoms with E-state index in [1.165, 1.54) is 179 Å². The van der Waals surface area contributed by atoms with Crippen LogP contribution in [0.15, 0.2) is 243 Å². The number of anilines is 6. The van der Waals surface area contributed by atoms with Crippen molar-refractivity contribution in [1.82, 2.24) is 45.1 Å². The summed E-state index contributed by atoms with van der Waals surface area (Å²) in [6, 6.07) is 74.4. The number of thiocarbonyl (C=S) groups is 1. The molecule has 20 nitrogen and oxygen atoms in total. The molecular weight excluding hydrogens is 2050 g/mol. The molecule has 0 aliphatic carbocycles. The summed E-state index contributed by atoms with van der Waals surface area (Å²) in [6.45, 7) is 42.9. The molecular formula is C122H135F3N12O8RuS4. The number of rotatable bonds is 33. The van der Waals surface area contributed by atoms with Crippen molar-refractivity contribution in [3.05, 3.63) is 315 Å². The van der Waals surface area contributed by atoms with Gasteiger partial charge in [-0.25, -0.2) is 9.97 Å². The molecule has 0 aliphatic rings. The van der Waals surface area contributed by atoms with Gasteiger partial charge in [0, 0.05) is 68.4 Å². The Morgan fingerprint density at radius 1 is 0.340 bits per heavy atom. The van der Waals surface area contributed by atoms with Crippen LogP contribution in [0.2, 0.25) is 0 Å². The van der Waals surface area contributed by atoms with Crippen LogP contribution < -0.4 is 14.9 Å². The van der Waals surface area contributed by atoms with E-state index in [9.17, 15) is 13.2 Å². The summed E-state index contributed by atoms with van der Waals surface area (Å²) < 4.78 is 38.2. The Balaban J connectivity index is 0.000000297. The van der Waals surface area contributed by atoms with E-state index in [0.29, 0.717) is 5.69 Å². The molecule has 0 fully saturated rings. The quantitative estimate of drug-likeness (QED) is 0.0160. The largest absolute Gasteiger partial charge is 2.00 e. The summed E-state index contributed by atoms with van der Waals surface area (Å²) in [5, 5.41) is 19.9. The molecule has 0 aliphatic heterocycles. The molecule has 4 aromatic carbocycles. The predicted octanol–water partition coefficient (Wildman–Crippen LogP) is 32.8. The minimum Gasteiger partial charge on any atom is -0.753 e. The van der Waals surface area contributed by atoms with Gasteiger partial charge < -0.3 is 25.4 Å². The SMILES string of the molecule is CCCCCCc1cc(-c2ccnc(-c3cc(CC)cc(-c4cc(CC)ccn4)n3)c2)sc1N(c1ccc(C(C)(C)C)cc1)c1ccc(C(C)(C)C)cc1.CCCCCCc1cc(-c2ccnc(-c3cc(CC)cc(-c4cc(CC)ccn4)n3)c2)sc1N(c1ccc(C(C)(C)C)cc1)c1ccc(C(C)(C)C)cc1.CCCCCCc1ccsc1-c1ccnc(-c2cc(C(F)(F)F)n[n-]2)c1.O=C=O.O=C=O.O=C=O.O=C=O.[N-]=C=S.[Ru+2]. The van der Waals surface area contributed by atoms with Crippen LogP contribution in [0.1, 0.15) is 275 Å². The van der Waals surface area contributed by atoms with Crippen molar-refractivity contribution in [3.63, 3.8) is 0 Å². The van der Waals surface area contributed by atoms with Crippen molar-refractivity contribution in [2.75, 3.05) is 9.80 Å². The van der Waals surface area contributed by atoms with Gasteiger partial charge in [0.05, 0.1) is 51.2 Å². The van der Waals surface area contributed by atoms with Crippen LogP contribution in [-0.4, -0.2) is 69.8 Å².